The molecular weight excluding hydrogens is 703 g/mol. The van der Waals surface area contributed by atoms with Crippen LogP contribution in [0.25, 0.3) is 11.0 Å². The van der Waals surface area contributed by atoms with Gasteiger partial charge in [-0.25, -0.2) is 18.4 Å². The Morgan fingerprint density at radius 3 is 2.32 bits per heavy atom. The summed E-state index contributed by atoms with van der Waals surface area (Å²) in [6.07, 6.45) is 2.05. The lowest BCUT2D eigenvalue weighted by atomic mass is 9.77. The average Bonchev–Trinajstić information content (AvgIpc) is 3.95. The van der Waals surface area contributed by atoms with E-state index in [-0.39, 0.29) is 31.7 Å². The smallest absolute Gasteiger partial charge is 0.307 e. The summed E-state index contributed by atoms with van der Waals surface area (Å²) in [5.41, 5.74) is -1.29. The quantitative estimate of drug-likeness (QED) is 0.223. The van der Waals surface area contributed by atoms with Crippen molar-refractivity contribution in [1.82, 2.24) is 24.9 Å². The summed E-state index contributed by atoms with van der Waals surface area (Å²) >= 11 is 0. The number of carbonyl (C=O) groups excluding carboxylic acids is 4. The van der Waals surface area contributed by atoms with E-state index >= 15 is 0 Å². The number of rotatable bonds is 13. The minimum absolute atomic E-state index is 0.0225. The van der Waals surface area contributed by atoms with E-state index in [1.807, 2.05) is 27.7 Å². The predicted octanol–water partition coefficient (Wildman–Crippen LogP) is 4.00. The third-order valence-electron chi connectivity index (χ3n) is 10.4. The summed E-state index contributed by atoms with van der Waals surface area (Å²) < 4.78 is 44.6. The minimum Gasteiger partial charge on any atom is -0.497 e. The van der Waals surface area contributed by atoms with Crippen molar-refractivity contribution in [3.63, 3.8) is 0 Å². The zero-order chi connectivity index (χ0) is 39.3. The van der Waals surface area contributed by atoms with Crippen molar-refractivity contribution in [1.29, 1.82) is 0 Å². The third kappa shape index (κ3) is 8.44. The molecule has 1 aliphatic heterocycles. The molecule has 2 N–H and O–H groups in total. The first-order chi connectivity index (χ1) is 24.6. The van der Waals surface area contributed by atoms with Crippen molar-refractivity contribution >= 4 is 44.7 Å². The van der Waals surface area contributed by atoms with Gasteiger partial charge in [0.2, 0.25) is 27.7 Å². The van der Waals surface area contributed by atoms with E-state index in [1.165, 1.54) is 11.0 Å². The molecule has 0 bridgehead atoms. The number of benzene rings is 1. The van der Waals surface area contributed by atoms with Gasteiger partial charge >= 0.3 is 5.97 Å². The van der Waals surface area contributed by atoms with Crippen LogP contribution >= 0.6 is 0 Å². The van der Waals surface area contributed by atoms with E-state index in [0.29, 0.717) is 41.7 Å². The second-order valence-electron chi connectivity index (χ2n) is 16.8. The van der Waals surface area contributed by atoms with Gasteiger partial charge < -0.3 is 24.4 Å². The highest BCUT2D eigenvalue weighted by atomic mass is 32.2. The molecule has 1 saturated heterocycles. The molecular formula is C38H53N5O9S. The Hall–Kier alpha value is -4.27. The fourth-order valence-electron chi connectivity index (χ4n) is 6.67. The number of likely N-dealkylation sites (tertiary alicyclic amines) is 1. The fraction of sp³-hybridized carbons (Fsp3) is 0.632. The predicted molar refractivity (Wildman–Crippen MR) is 197 cm³/mol. The third-order valence-corrected chi connectivity index (χ3v) is 12.5. The van der Waals surface area contributed by atoms with Crippen molar-refractivity contribution in [2.75, 3.05) is 13.7 Å². The first-order valence-electron chi connectivity index (χ1n) is 18.1. The van der Waals surface area contributed by atoms with Crippen LogP contribution in [0.5, 0.6) is 11.6 Å². The molecule has 1 aromatic carbocycles. The van der Waals surface area contributed by atoms with Gasteiger partial charge in [0.1, 0.15) is 34.7 Å². The van der Waals surface area contributed by atoms with Crippen molar-refractivity contribution in [3.05, 3.63) is 36.5 Å². The molecule has 0 radical (unpaired) electrons. The number of nitrogens with zero attached hydrogens (tertiary/aromatic N) is 3. The number of nitrogens with one attached hydrogen (secondary N) is 2. The number of hydrogen-bond donors (Lipinski definition) is 2. The normalized spacial score (nSPS) is 24.2. The maximum absolute atomic E-state index is 14.6. The maximum atomic E-state index is 14.6. The van der Waals surface area contributed by atoms with Gasteiger partial charge in [-0.3, -0.25) is 23.9 Å². The Labute approximate surface area is 311 Å². The van der Waals surface area contributed by atoms with Crippen LogP contribution in [-0.2, 0) is 40.4 Å². The van der Waals surface area contributed by atoms with E-state index in [4.69, 9.17) is 24.2 Å². The zero-order valence-electron chi connectivity index (χ0n) is 32.2. The standard InChI is InChI=1S/C38H53N5O9S/c1-11-22-20-38(22,34(47)42-53(48,49)37(9)15-16-37)41-31(45)29-18-24(51-32-26(12-2)39-27-14-13-23(50-10)17-28(27)40-32)21-43(29)33(46)25(35(3,4)5)19-30(44)52-36(6,7)8/h11,13-14,17,22,24-25,29H,1,12,15-16,18-21H2,2-10H3,(H,41,45)(H,42,47)/t22-,24-,25-,29+,38-/m1/s1. The number of ether oxygens (including phenoxy) is 3. The van der Waals surface area contributed by atoms with E-state index in [0.717, 1.165) is 0 Å². The molecule has 5 rings (SSSR count). The Morgan fingerprint density at radius 2 is 1.77 bits per heavy atom. The van der Waals surface area contributed by atoms with Crippen LogP contribution in [0, 0.1) is 17.3 Å². The number of esters is 1. The lowest BCUT2D eigenvalue weighted by molar-refractivity contribution is -0.161. The number of amides is 3. The molecule has 2 heterocycles. The number of methoxy groups -OCH3 is 1. The molecule has 14 nitrogen and oxygen atoms in total. The van der Waals surface area contributed by atoms with Gasteiger partial charge in [0, 0.05) is 18.4 Å². The van der Waals surface area contributed by atoms with Gasteiger partial charge in [-0.05, 0) is 70.9 Å². The van der Waals surface area contributed by atoms with Crippen LogP contribution < -0.4 is 19.5 Å². The maximum Gasteiger partial charge on any atom is 0.307 e. The molecule has 2 saturated carbocycles. The van der Waals surface area contributed by atoms with Crippen molar-refractivity contribution in [2.45, 2.75) is 122 Å². The topological polar surface area (TPSA) is 183 Å². The zero-order valence-corrected chi connectivity index (χ0v) is 33.0. The Balaban J connectivity index is 1.47. The number of hydrogen-bond acceptors (Lipinski definition) is 11. The number of aryl methyl sites for hydroxylation is 1. The van der Waals surface area contributed by atoms with E-state index in [1.54, 1.807) is 53.0 Å². The van der Waals surface area contributed by atoms with Crippen molar-refractivity contribution in [3.8, 4) is 11.6 Å². The van der Waals surface area contributed by atoms with Crippen LogP contribution in [0.3, 0.4) is 0 Å². The Kier molecular flexibility index (Phi) is 10.7. The summed E-state index contributed by atoms with van der Waals surface area (Å²) in [6, 6.07) is 4.19. The van der Waals surface area contributed by atoms with Gasteiger partial charge in [-0.2, -0.15) is 0 Å². The minimum atomic E-state index is -4.00. The van der Waals surface area contributed by atoms with E-state index in [9.17, 15) is 27.6 Å². The largest absolute Gasteiger partial charge is 0.497 e. The lowest BCUT2D eigenvalue weighted by Gasteiger charge is -2.35. The summed E-state index contributed by atoms with van der Waals surface area (Å²) in [6.45, 7) is 18.0. The summed E-state index contributed by atoms with van der Waals surface area (Å²) in [5.74, 6) is -3.10. The average molecular weight is 756 g/mol. The molecule has 1 aromatic heterocycles. The Morgan fingerprint density at radius 1 is 1.09 bits per heavy atom. The SMILES string of the molecule is C=C[C@@H]1C[C@]1(NC(=O)[C@@H]1C[C@@H](Oc2nc3cc(OC)ccc3nc2CC)CN1C(=O)[C@@H](CC(=O)OC(C)(C)C)C(C)(C)C)C(=O)NS(=O)(=O)C1(C)CC1. The highest BCUT2D eigenvalue weighted by molar-refractivity contribution is 7.91. The Bertz CT molecular complexity index is 1910. The molecule has 2 aliphatic carbocycles. The molecule has 2 aromatic rings. The van der Waals surface area contributed by atoms with Gasteiger partial charge in [-0.15, -0.1) is 6.58 Å². The second-order valence-corrected chi connectivity index (χ2v) is 19.0. The highest BCUT2D eigenvalue weighted by Gasteiger charge is 2.63. The molecule has 3 aliphatic rings. The summed E-state index contributed by atoms with van der Waals surface area (Å²) in [7, 11) is -2.45. The lowest BCUT2D eigenvalue weighted by Crippen LogP contribution is -2.57. The van der Waals surface area contributed by atoms with Crippen LogP contribution in [0.2, 0.25) is 0 Å². The van der Waals surface area contributed by atoms with Crippen LogP contribution in [0.15, 0.2) is 30.9 Å². The summed E-state index contributed by atoms with van der Waals surface area (Å²) in [5, 5.41) is 2.81. The second kappa shape index (κ2) is 14.2. The number of fused-ring (bicyclic) bond motifs is 1. The van der Waals surface area contributed by atoms with Gasteiger partial charge in [0.15, 0.2) is 0 Å². The van der Waals surface area contributed by atoms with Crippen molar-refractivity contribution < 1.29 is 41.8 Å². The monoisotopic (exact) mass is 755 g/mol. The van der Waals surface area contributed by atoms with Crippen molar-refractivity contribution in [2.24, 2.45) is 17.3 Å². The molecule has 290 valence electrons. The molecule has 5 atom stereocenters. The molecule has 53 heavy (non-hydrogen) atoms. The van der Waals surface area contributed by atoms with Gasteiger partial charge in [0.25, 0.3) is 5.91 Å². The van der Waals surface area contributed by atoms with E-state index in [2.05, 4.69) is 16.6 Å². The fourth-order valence-corrected chi connectivity index (χ4v) is 7.98. The van der Waals surface area contributed by atoms with E-state index < -0.39 is 79.0 Å². The van der Waals surface area contributed by atoms with Crippen LogP contribution in [-0.4, -0.2) is 88.7 Å². The number of sulfonamides is 1. The molecule has 3 fully saturated rings. The van der Waals surface area contributed by atoms with Gasteiger partial charge in [-0.1, -0.05) is 33.8 Å². The first-order valence-corrected chi connectivity index (χ1v) is 19.6. The molecule has 15 heteroatoms. The first kappa shape index (κ1) is 39.9. The number of carbonyl (C=O) groups is 4. The van der Waals surface area contributed by atoms with Crippen LogP contribution in [0.1, 0.15) is 93.2 Å². The highest BCUT2D eigenvalue weighted by Crippen LogP contribution is 2.47. The molecule has 0 unspecified atom stereocenters. The number of aromatic nitrogens is 2. The van der Waals surface area contributed by atoms with Crippen LogP contribution in [0.4, 0.5) is 0 Å². The van der Waals surface area contributed by atoms with Gasteiger partial charge in [0.05, 0.1) is 41.8 Å². The molecule has 3 amide bonds. The summed E-state index contributed by atoms with van der Waals surface area (Å²) in [4.78, 5) is 66.5. The molecule has 0 spiro atoms.